The lowest BCUT2D eigenvalue weighted by Gasteiger charge is -2.10. The minimum atomic E-state index is -4.10. The molecule has 0 aromatic heterocycles. The van der Waals surface area contributed by atoms with Crippen LogP contribution in [0.4, 0.5) is 0 Å². The number of carbonyl (C=O) groups excluding carboxylic acids is 1. The van der Waals surface area contributed by atoms with E-state index in [2.05, 4.69) is 0 Å². The first-order valence-electron chi connectivity index (χ1n) is 6.74. The zero-order valence-electron chi connectivity index (χ0n) is 11.8. The molecule has 22 heavy (non-hydrogen) atoms. The second kappa shape index (κ2) is 6.83. The Balaban J connectivity index is 2.15. The van der Waals surface area contributed by atoms with Crippen molar-refractivity contribution < 1.29 is 17.8 Å². The van der Waals surface area contributed by atoms with Crippen LogP contribution >= 0.6 is 0 Å². The zero-order valence-corrected chi connectivity index (χ0v) is 12.7. The number of nitrogens with two attached hydrogens (primary N) is 1. The van der Waals surface area contributed by atoms with E-state index in [1.807, 2.05) is 6.07 Å². The Kier molecular flexibility index (Phi) is 5.07. The third-order valence-corrected chi connectivity index (χ3v) is 4.00. The molecule has 0 saturated heterocycles. The molecule has 0 aliphatic carbocycles. The topological polar surface area (TPSA) is 97.5 Å². The lowest BCUT2D eigenvalue weighted by atomic mass is 9.99. The maximum absolute atomic E-state index is 12.3. The maximum Gasteiger partial charge on any atom is 0.266 e. The van der Waals surface area contributed by atoms with Gasteiger partial charge in [-0.25, -0.2) is 0 Å². The van der Waals surface area contributed by atoms with E-state index in [0.29, 0.717) is 11.1 Å². The maximum atomic E-state index is 12.3. The van der Waals surface area contributed by atoms with Crippen molar-refractivity contribution in [3.63, 3.8) is 0 Å². The zero-order chi connectivity index (χ0) is 16.2. The molecule has 0 radical (unpaired) electrons. The van der Waals surface area contributed by atoms with Crippen LogP contribution in [0.25, 0.3) is 0 Å². The van der Waals surface area contributed by atoms with Crippen LogP contribution in [0, 0.1) is 0 Å². The number of hydrogen-bond acceptors (Lipinski definition) is 4. The van der Waals surface area contributed by atoms with Crippen LogP contribution in [0.5, 0.6) is 0 Å². The molecule has 1 atom stereocenters. The number of ketones is 1. The van der Waals surface area contributed by atoms with Crippen molar-refractivity contribution in [2.45, 2.75) is 12.5 Å². The summed E-state index contributed by atoms with van der Waals surface area (Å²) in [5, 5.41) is 0. The fraction of sp³-hybridized carbons (Fsp3) is 0.188. The van der Waals surface area contributed by atoms with Crippen molar-refractivity contribution in [1.82, 2.24) is 0 Å². The molecular formula is C16H17NO4S. The number of carbonyl (C=O) groups is 1. The van der Waals surface area contributed by atoms with Crippen molar-refractivity contribution in [1.29, 1.82) is 0 Å². The molecule has 0 saturated carbocycles. The summed E-state index contributed by atoms with van der Waals surface area (Å²) in [5.41, 5.74) is 7.55. The van der Waals surface area contributed by atoms with E-state index in [9.17, 15) is 13.2 Å². The molecule has 2 aromatic carbocycles. The normalized spacial score (nSPS) is 12.8. The molecule has 0 spiro atoms. The number of hydrogen-bond donors (Lipinski definition) is 2. The molecule has 1 unspecified atom stereocenters. The highest BCUT2D eigenvalue weighted by atomic mass is 32.2. The molecule has 0 bridgehead atoms. The van der Waals surface area contributed by atoms with E-state index in [-0.39, 0.29) is 12.2 Å². The average molecular weight is 319 g/mol. The number of rotatable bonds is 6. The van der Waals surface area contributed by atoms with Gasteiger partial charge in [-0.3, -0.25) is 9.35 Å². The standard InChI is InChI=1S/C16H17NO4S/c17-15(11-22(19,20)21)10-12-5-4-8-14(9-12)16(18)13-6-2-1-3-7-13/h1-9,15H,10-11,17H2,(H,19,20,21). The van der Waals surface area contributed by atoms with Crippen LogP contribution in [-0.4, -0.2) is 30.5 Å². The third kappa shape index (κ3) is 4.77. The first kappa shape index (κ1) is 16.4. The van der Waals surface area contributed by atoms with Gasteiger partial charge in [0.05, 0.1) is 5.75 Å². The van der Waals surface area contributed by atoms with E-state index >= 15 is 0 Å². The molecule has 0 aliphatic heterocycles. The first-order chi connectivity index (χ1) is 10.3. The Hall–Kier alpha value is -2.02. The Morgan fingerprint density at radius 2 is 1.68 bits per heavy atom. The van der Waals surface area contributed by atoms with Crippen LogP contribution in [0.15, 0.2) is 54.6 Å². The van der Waals surface area contributed by atoms with Crippen molar-refractivity contribution in [2.75, 3.05) is 5.75 Å². The predicted molar refractivity (Wildman–Crippen MR) is 84.4 cm³/mol. The Morgan fingerprint density at radius 1 is 1.05 bits per heavy atom. The first-order valence-corrected chi connectivity index (χ1v) is 8.35. The SMILES string of the molecule is NC(Cc1cccc(C(=O)c2ccccc2)c1)CS(=O)(=O)O. The second-order valence-electron chi connectivity index (χ2n) is 5.11. The summed E-state index contributed by atoms with van der Waals surface area (Å²) in [6.45, 7) is 0. The highest BCUT2D eigenvalue weighted by Gasteiger charge is 2.14. The predicted octanol–water partition coefficient (Wildman–Crippen LogP) is 1.68. The fourth-order valence-electron chi connectivity index (χ4n) is 2.23. The van der Waals surface area contributed by atoms with Crippen LogP contribution in [-0.2, 0) is 16.5 Å². The lowest BCUT2D eigenvalue weighted by molar-refractivity contribution is 0.103. The summed E-state index contributed by atoms with van der Waals surface area (Å²) >= 11 is 0. The summed E-state index contributed by atoms with van der Waals surface area (Å²) < 4.78 is 30.4. The van der Waals surface area contributed by atoms with Crippen LogP contribution in [0.3, 0.4) is 0 Å². The highest BCUT2D eigenvalue weighted by molar-refractivity contribution is 7.85. The highest BCUT2D eigenvalue weighted by Crippen LogP contribution is 2.13. The summed E-state index contributed by atoms with van der Waals surface area (Å²) in [6, 6.07) is 15.1. The van der Waals surface area contributed by atoms with Gasteiger partial charge < -0.3 is 5.73 Å². The second-order valence-corrected chi connectivity index (χ2v) is 6.61. The van der Waals surface area contributed by atoms with Gasteiger partial charge in [-0.15, -0.1) is 0 Å². The lowest BCUT2D eigenvalue weighted by Crippen LogP contribution is -2.31. The van der Waals surface area contributed by atoms with Crippen LogP contribution in [0.2, 0.25) is 0 Å². The van der Waals surface area contributed by atoms with Crippen molar-refractivity contribution >= 4 is 15.9 Å². The van der Waals surface area contributed by atoms with E-state index < -0.39 is 21.9 Å². The largest absolute Gasteiger partial charge is 0.326 e. The Bertz CT molecular complexity index is 757. The summed E-state index contributed by atoms with van der Waals surface area (Å²) in [7, 11) is -4.10. The van der Waals surface area contributed by atoms with Gasteiger partial charge in [0, 0.05) is 17.2 Å². The van der Waals surface area contributed by atoms with Crippen LogP contribution in [0.1, 0.15) is 21.5 Å². The molecule has 5 nitrogen and oxygen atoms in total. The van der Waals surface area contributed by atoms with Gasteiger partial charge in [0.15, 0.2) is 5.78 Å². The van der Waals surface area contributed by atoms with Gasteiger partial charge in [0.25, 0.3) is 10.1 Å². The molecule has 0 aliphatic rings. The molecule has 2 rings (SSSR count). The summed E-state index contributed by atoms with van der Waals surface area (Å²) in [6.07, 6.45) is 0.260. The quantitative estimate of drug-likeness (QED) is 0.623. The average Bonchev–Trinajstić information content (AvgIpc) is 2.45. The summed E-state index contributed by atoms with van der Waals surface area (Å²) in [4.78, 5) is 12.3. The third-order valence-electron chi connectivity index (χ3n) is 3.15. The smallest absolute Gasteiger partial charge is 0.266 e. The molecule has 3 N–H and O–H groups in total. The van der Waals surface area contributed by atoms with Gasteiger partial charge in [-0.05, 0) is 18.1 Å². The molecule has 0 heterocycles. The Morgan fingerprint density at radius 3 is 2.32 bits per heavy atom. The van der Waals surface area contributed by atoms with Gasteiger partial charge in [-0.1, -0.05) is 48.5 Å². The van der Waals surface area contributed by atoms with E-state index in [1.54, 1.807) is 48.5 Å². The number of benzene rings is 2. The van der Waals surface area contributed by atoms with E-state index in [1.165, 1.54) is 0 Å². The Labute approximate surface area is 129 Å². The molecular weight excluding hydrogens is 302 g/mol. The minimum Gasteiger partial charge on any atom is -0.326 e. The van der Waals surface area contributed by atoms with E-state index in [4.69, 9.17) is 10.3 Å². The van der Waals surface area contributed by atoms with E-state index in [0.717, 1.165) is 5.56 Å². The molecule has 2 aromatic rings. The minimum absolute atomic E-state index is 0.106. The van der Waals surface area contributed by atoms with Crippen molar-refractivity contribution in [3.8, 4) is 0 Å². The fourth-order valence-corrected chi connectivity index (χ4v) is 2.89. The molecule has 6 heteroatoms. The van der Waals surface area contributed by atoms with Gasteiger partial charge in [-0.2, -0.15) is 8.42 Å². The van der Waals surface area contributed by atoms with Gasteiger partial charge >= 0.3 is 0 Å². The van der Waals surface area contributed by atoms with Crippen LogP contribution < -0.4 is 5.73 Å². The monoisotopic (exact) mass is 319 g/mol. The molecule has 116 valence electrons. The van der Waals surface area contributed by atoms with Gasteiger partial charge in [0.2, 0.25) is 0 Å². The summed E-state index contributed by atoms with van der Waals surface area (Å²) in [5.74, 6) is -0.616. The molecule has 0 fully saturated rings. The van der Waals surface area contributed by atoms with Crippen molar-refractivity contribution in [3.05, 3.63) is 71.3 Å². The van der Waals surface area contributed by atoms with Gasteiger partial charge in [0.1, 0.15) is 0 Å². The van der Waals surface area contributed by atoms with Crippen molar-refractivity contribution in [2.24, 2.45) is 5.73 Å². The molecule has 0 amide bonds.